The summed E-state index contributed by atoms with van der Waals surface area (Å²) in [5.41, 5.74) is 3.81. The first-order chi connectivity index (χ1) is 13.5. The van der Waals surface area contributed by atoms with Crippen LogP contribution < -0.4 is 5.32 Å². The van der Waals surface area contributed by atoms with Crippen molar-refractivity contribution in [3.8, 4) is 6.01 Å². The molecule has 0 radical (unpaired) electrons. The van der Waals surface area contributed by atoms with E-state index in [-0.39, 0.29) is 18.2 Å². The van der Waals surface area contributed by atoms with Gasteiger partial charge in [0.2, 0.25) is 5.91 Å². The molecule has 140 valence electrons. The maximum absolute atomic E-state index is 12.5. The number of nitrogens with zero attached hydrogens (tertiary/aromatic N) is 3. The van der Waals surface area contributed by atoms with Gasteiger partial charge < -0.3 is 9.73 Å². The zero-order valence-electron chi connectivity index (χ0n) is 14.7. The predicted molar refractivity (Wildman–Crippen MR) is 107 cm³/mol. The molecular weight excluding hydrogens is 399 g/mol. The molecular formula is C20H14Cl2N4O2. The summed E-state index contributed by atoms with van der Waals surface area (Å²) >= 11 is 12.7. The van der Waals surface area contributed by atoms with Crippen LogP contribution in [0.3, 0.4) is 0 Å². The van der Waals surface area contributed by atoms with Crippen molar-refractivity contribution in [1.29, 1.82) is 0 Å². The number of rotatable bonds is 2. The lowest BCUT2D eigenvalue weighted by molar-refractivity contribution is -0.116. The van der Waals surface area contributed by atoms with E-state index in [1.165, 1.54) is 4.68 Å². The van der Waals surface area contributed by atoms with Crippen LogP contribution in [-0.4, -0.2) is 20.7 Å². The summed E-state index contributed by atoms with van der Waals surface area (Å²) in [6.45, 7) is 1.89. The zero-order chi connectivity index (χ0) is 19.4. The van der Waals surface area contributed by atoms with E-state index < -0.39 is 0 Å². The van der Waals surface area contributed by atoms with Crippen molar-refractivity contribution in [3.05, 3.63) is 69.3 Å². The number of carbonyl (C=O) groups excluding carboxylic acids is 1. The summed E-state index contributed by atoms with van der Waals surface area (Å²) in [6, 6.07) is 13.2. The average molecular weight is 413 g/mol. The number of hydrogen-bond donors (Lipinski definition) is 1. The second kappa shape index (κ2) is 6.36. The largest absolute Gasteiger partial charge is 0.422 e. The first-order valence-corrected chi connectivity index (χ1v) is 9.47. The van der Waals surface area contributed by atoms with Crippen LogP contribution in [0.4, 0.5) is 5.82 Å². The second-order valence-electron chi connectivity index (χ2n) is 6.67. The van der Waals surface area contributed by atoms with E-state index in [1.807, 2.05) is 43.3 Å². The molecule has 0 aliphatic carbocycles. The maximum atomic E-state index is 12.5. The number of halogens is 2. The van der Waals surface area contributed by atoms with Gasteiger partial charge in [-0.05, 0) is 30.7 Å². The topological polar surface area (TPSA) is 73.0 Å². The van der Waals surface area contributed by atoms with Gasteiger partial charge in [-0.25, -0.2) is 0 Å². The Bertz CT molecular complexity index is 1210. The van der Waals surface area contributed by atoms with Crippen molar-refractivity contribution in [3.63, 3.8) is 0 Å². The fourth-order valence-corrected chi connectivity index (χ4v) is 4.13. The predicted octanol–water partition coefficient (Wildman–Crippen LogP) is 5.10. The number of carbonyl (C=O) groups is 1. The van der Waals surface area contributed by atoms with Gasteiger partial charge in [0.25, 0.3) is 0 Å². The second-order valence-corrected chi connectivity index (χ2v) is 7.46. The van der Waals surface area contributed by atoms with Gasteiger partial charge in [0.1, 0.15) is 11.3 Å². The average Bonchev–Trinajstić information content (AvgIpc) is 3.24. The molecule has 4 aromatic rings. The van der Waals surface area contributed by atoms with Gasteiger partial charge in [0.05, 0.1) is 15.7 Å². The minimum Gasteiger partial charge on any atom is -0.422 e. The molecule has 0 fully saturated rings. The number of oxazole rings is 1. The molecule has 3 heterocycles. The van der Waals surface area contributed by atoms with Crippen molar-refractivity contribution in [1.82, 2.24) is 14.8 Å². The van der Waals surface area contributed by atoms with Crippen LogP contribution in [0.1, 0.15) is 29.2 Å². The monoisotopic (exact) mass is 412 g/mol. The van der Waals surface area contributed by atoms with E-state index in [2.05, 4.69) is 15.4 Å². The van der Waals surface area contributed by atoms with E-state index in [9.17, 15) is 4.79 Å². The summed E-state index contributed by atoms with van der Waals surface area (Å²) in [5, 5.41) is 8.40. The van der Waals surface area contributed by atoms with E-state index in [0.29, 0.717) is 27.5 Å². The maximum Gasteiger partial charge on any atom is 0.325 e. The molecule has 0 saturated heterocycles. The fraction of sp³-hybridized carbons (Fsp3) is 0.150. The number of fused-ring (bicyclic) bond motifs is 2. The van der Waals surface area contributed by atoms with Gasteiger partial charge in [-0.15, -0.1) is 0 Å². The Kier molecular flexibility index (Phi) is 3.92. The van der Waals surface area contributed by atoms with Crippen LogP contribution in [-0.2, 0) is 4.79 Å². The lowest BCUT2D eigenvalue weighted by Gasteiger charge is -2.25. The molecule has 1 amide bonds. The Balaban J connectivity index is 1.70. The first kappa shape index (κ1) is 17.3. The fourth-order valence-electron chi connectivity index (χ4n) is 3.69. The quantitative estimate of drug-likeness (QED) is 0.496. The molecule has 1 unspecified atom stereocenters. The molecule has 0 bridgehead atoms. The summed E-state index contributed by atoms with van der Waals surface area (Å²) < 4.78 is 7.38. The van der Waals surface area contributed by atoms with Crippen LogP contribution in [0.5, 0.6) is 0 Å². The molecule has 0 saturated carbocycles. The third-order valence-electron chi connectivity index (χ3n) is 4.92. The molecule has 1 aliphatic heterocycles. The molecule has 1 aliphatic rings. The Morgan fingerprint density at radius 2 is 2.00 bits per heavy atom. The normalized spacial score (nSPS) is 16.2. The number of anilines is 1. The van der Waals surface area contributed by atoms with Crippen LogP contribution in [0, 0.1) is 6.92 Å². The highest BCUT2D eigenvalue weighted by Gasteiger charge is 2.34. The van der Waals surface area contributed by atoms with Gasteiger partial charge in [-0.1, -0.05) is 47.5 Å². The number of hydrogen-bond acceptors (Lipinski definition) is 4. The molecule has 8 heteroatoms. The molecule has 6 nitrogen and oxygen atoms in total. The number of nitrogens with one attached hydrogen (secondary N) is 1. The highest BCUT2D eigenvalue weighted by atomic mass is 35.5. The Labute approximate surface area is 170 Å². The molecule has 1 N–H and O–H groups in total. The van der Waals surface area contributed by atoms with E-state index in [0.717, 1.165) is 22.3 Å². The van der Waals surface area contributed by atoms with Crippen LogP contribution in [0.25, 0.3) is 17.1 Å². The van der Waals surface area contributed by atoms with Gasteiger partial charge in [0.15, 0.2) is 5.58 Å². The van der Waals surface area contributed by atoms with E-state index in [4.69, 9.17) is 27.6 Å². The van der Waals surface area contributed by atoms with Gasteiger partial charge >= 0.3 is 6.01 Å². The molecule has 1 atom stereocenters. The van der Waals surface area contributed by atoms with E-state index >= 15 is 0 Å². The van der Waals surface area contributed by atoms with Crippen molar-refractivity contribution in [2.45, 2.75) is 19.3 Å². The number of aromatic nitrogens is 3. The molecule has 28 heavy (non-hydrogen) atoms. The van der Waals surface area contributed by atoms with Crippen LogP contribution in [0.15, 0.2) is 46.9 Å². The lowest BCUT2D eigenvalue weighted by atomic mass is 9.86. The Morgan fingerprint density at radius 3 is 2.82 bits per heavy atom. The first-order valence-electron chi connectivity index (χ1n) is 8.72. The minimum atomic E-state index is -0.256. The highest BCUT2D eigenvalue weighted by molar-refractivity contribution is 6.42. The Morgan fingerprint density at radius 1 is 1.18 bits per heavy atom. The summed E-state index contributed by atoms with van der Waals surface area (Å²) in [4.78, 5) is 17.0. The number of para-hydroxylation sites is 2. The summed E-state index contributed by atoms with van der Waals surface area (Å²) in [5.74, 6) is 0.153. The molecule has 2 aromatic heterocycles. The smallest absolute Gasteiger partial charge is 0.325 e. The third-order valence-corrected chi connectivity index (χ3v) is 5.76. The number of amides is 1. The standard InChI is InChI=1S/C20H14Cl2N4O2/c1-10-17-12(11-5-4-6-13(21)18(11)22)9-16(27)24-19(17)26(25-10)20-23-14-7-2-3-8-15(14)28-20/h2-8,12H,9H2,1H3,(H,24,27). The molecule has 2 aromatic carbocycles. The minimum absolute atomic E-state index is 0.134. The van der Waals surface area contributed by atoms with Gasteiger partial charge in [0, 0.05) is 17.9 Å². The Hall–Kier alpha value is -2.83. The lowest BCUT2D eigenvalue weighted by Crippen LogP contribution is -2.25. The van der Waals surface area contributed by atoms with Crippen LogP contribution >= 0.6 is 23.2 Å². The molecule has 5 rings (SSSR count). The third kappa shape index (κ3) is 2.60. The highest BCUT2D eigenvalue weighted by Crippen LogP contribution is 2.43. The SMILES string of the molecule is Cc1nn(-c2nc3ccccc3o2)c2c1C(c1cccc(Cl)c1Cl)CC(=O)N2. The molecule has 0 spiro atoms. The summed E-state index contributed by atoms with van der Waals surface area (Å²) in [6.07, 6.45) is 0.257. The van der Waals surface area contributed by atoms with Gasteiger partial charge in [-0.2, -0.15) is 14.8 Å². The summed E-state index contributed by atoms with van der Waals surface area (Å²) in [7, 11) is 0. The van der Waals surface area contributed by atoms with Crippen LogP contribution in [0.2, 0.25) is 10.0 Å². The zero-order valence-corrected chi connectivity index (χ0v) is 16.3. The number of aryl methyl sites for hydroxylation is 1. The number of benzene rings is 2. The van der Waals surface area contributed by atoms with Crippen molar-refractivity contribution < 1.29 is 9.21 Å². The van der Waals surface area contributed by atoms with Crippen molar-refractivity contribution in [2.24, 2.45) is 0 Å². The van der Waals surface area contributed by atoms with Crippen molar-refractivity contribution >= 4 is 46.0 Å². The van der Waals surface area contributed by atoms with Gasteiger partial charge in [-0.3, -0.25) is 4.79 Å². The van der Waals surface area contributed by atoms with Crippen molar-refractivity contribution in [2.75, 3.05) is 5.32 Å². The van der Waals surface area contributed by atoms with E-state index in [1.54, 1.807) is 6.07 Å².